The van der Waals surface area contributed by atoms with Crippen LogP contribution in [0.2, 0.25) is 0 Å². The second-order valence-corrected chi connectivity index (χ2v) is 7.87. The zero-order valence-electron chi connectivity index (χ0n) is 18.6. The fraction of sp³-hybridized carbons (Fsp3) is 0.591. The molecule has 184 valence electrons. The molecule has 33 heavy (non-hydrogen) atoms. The van der Waals surface area contributed by atoms with E-state index < -0.39 is 30.9 Å². The number of carbonyl (C=O) groups excluding carboxylic acids is 2. The number of nitrogens with zero attached hydrogens (tertiary/aromatic N) is 2. The monoisotopic (exact) mass is 468 g/mol. The van der Waals surface area contributed by atoms with Gasteiger partial charge < -0.3 is 39.7 Å². The van der Waals surface area contributed by atoms with Crippen molar-refractivity contribution in [3.63, 3.8) is 0 Å². The number of hydrogen-bond donors (Lipinski definition) is 4. The Kier molecular flexibility index (Phi) is 10.5. The molecule has 1 heterocycles. The van der Waals surface area contributed by atoms with E-state index in [0.717, 1.165) is 0 Å². The molecule has 11 heteroatoms. The Balaban J connectivity index is 2.16. The Morgan fingerprint density at radius 2 is 1.79 bits per heavy atom. The van der Waals surface area contributed by atoms with E-state index in [9.17, 15) is 29.7 Å². The predicted molar refractivity (Wildman–Crippen MR) is 116 cm³/mol. The average molecular weight is 469 g/mol. The molecule has 1 aliphatic rings. The SMILES string of the molecule is CC(=O)N1CCN(C(=O)c2cccc(OCC(=O)O)c2)CCCCOC[C@@H](O)[C@H](O)[C@@H](O)C1. The largest absolute Gasteiger partial charge is 0.482 e. The standard InChI is InChI=1S/C22H32N2O9/c1-15(25)24-9-8-23(7-2-3-10-32-13-19(27)21(30)18(26)12-24)22(31)16-5-4-6-17(11-16)33-14-20(28)29/h4-6,11,18-19,21,26-27,30H,2-3,7-10,12-14H2,1H3,(H,28,29)/t18-,19+,21+/m0/s1. The van der Waals surface area contributed by atoms with Crippen molar-refractivity contribution >= 4 is 17.8 Å². The van der Waals surface area contributed by atoms with Crippen LogP contribution in [-0.2, 0) is 14.3 Å². The van der Waals surface area contributed by atoms with Crippen molar-refractivity contribution in [1.29, 1.82) is 0 Å². The van der Waals surface area contributed by atoms with Crippen LogP contribution >= 0.6 is 0 Å². The fourth-order valence-electron chi connectivity index (χ4n) is 3.38. The Morgan fingerprint density at radius 3 is 2.48 bits per heavy atom. The van der Waals surface area contributed by atoms with Crippen LogP contribution in [0.1, 0.15) is 30.1 Å². The van der Waals surface area contributed by atoms with Gasteiger partial charge in [0.15, 0.2) is 6.61 Å². The first-order valence-corrected chi connectivity index (χ1v) is 10.8. The minimum Gasteiger partial charge on any atom is -0.482 e. The zero-order valence-corrected chi connectivity index (χ0v) is 18.6. The van der Waals surface area contributed by atoms with Gasteiger partial charge in [-0.1, -0.05) is 6.07 Å². The van der Waals surface area contributed by atoms with Crippen molar-refractivity contribution < 1.29 is 44.3 Å². The van der Waals surface area contributed by atoms with Crippen LogP contribution in [0.4, 0.5) is 0 Å². The highest BCUT2D eigenvalue weighted by molar-refractivity contribution is 5.94. The number of hydrogen-bond acceptors (Lipinski definition) is 8. The van der Waals surface area contributed by atoms with Crippen LogP contribution in [0.5, 0.6) is 5.75 Å². The number of amides is 2. The molecule has 11 nitrogen and oxygen atoms in total. The van der Waals surface area contributed by atoms with Crippen molar-refractivity contribution in [2.45, 2.75) is 38.1 Å². The second kappa shape index (κ2) is 13.1. The minimum absolute atomic E-state index is 0.118. The smallest absolute Gasteiger partial charge is 0.341 e. The minimum atomic E-state index is -1.49. The first kappa shape index (κ1) is 26.5. The lowest BCUT2D eigenvalue weighted by molar-refractivity contribution is -0.139. The molecule has 0 radical (unpaired) electrons. The van der Waals surface area contributed by atoms with E-state index in [4.69, 9.17) is 14.6 Å². The summed E-state index contributed by atoms with van der Waals surface area (Å²) in [5.41, 5.74) is 0.309. The third kappa shape index (κ3) is 8.61. The Hall–Kier alpha value is -2.73. The normalized spacial score (nSPS) is 23.5. The summed E-state index contributed by atoms with van der Waals surface area (Å²) in [6.45, 7) is 1.38. The molecule has 0 aliphatic carbocycles. The fourth-order valence-corrected chi connectivity index (χ4v) is 3.38. The van der Waals surface area contributed by atoms with E-state index in [1.54, 1.807) is 23.1 Å². The number of carboxylic acids is 1. The molecular formula is C22H32N2O9. The molecule has 0 saturated carbocycles. The first-order chi connectivity index (χ1) is 15.7. The van der Waals surface area contributed by atoms with E-state index >= 15 is 0 Å². The quantitative estimate of drug-likeness (QED) is 0.450. The third-order valence-electron chi connectivity index (χ3n) is 5.27. The van der Waals surface area contributed by atoms with Gasteiger partial charge >= 0.3 is 5.97 Å². The lowest BCUT2D eigenvalue weighted by Crippen LogP contribution is -2.49. The van der Waals surface area contributed by atoms with Gasteiger partial charge in [0.2, 0.25) is 5.91 Å². The number of benzene rings is 1. The molecule has 1 saturated heterocycles. The van der Waals surface area contributed by atoms with Crippen LogP contribution in [0.15, 0.2) is 24.3 Å². The molecule has 0 unspecified atom stereocenters. The summed E-state index contributed by atoms with van der Waals surface area (Å²) < 4.78 is 10.5. The van der Waals surface area contributed by atoms with Gasteiger partial charge in [-0.3, -0.25) is 9.59 Å². The van der Waals surface area contributed by atoms with Crippen LogP contribution in [-0.4, -0.2) is 112 Å². The molecule has 0 bridgehead atoms. The van der Waals surface area contributed by atoms with Crippen molar-refractivity contribution in [2.75, 3.05) is 46.0 Å². The van der Waals surface area contributed by atoms with Gasteiger partial charge in [0, 0.05) is 45.3 Å². The zero-order chi connectivity index (χ0) is 24.4. The molecule has 2 rings (SSSR count). The number of aliphatic hydroxyl groups is 3. The van der Waals surface area contributed by atoms with Crippen molar-refractivity contribution in [2.24, 2.45) is 0 Å². The summed E-state index contributed by atoms with van der Waals surface area (Å²) in [6.07, 6.45) is -2.97. The molecule has 1 aromatic rings. The second-order valence-electron chi connectivity index (χ2n) is 7.87. The summed E-state index contributed by atoms with van der Waals surface area (Å²) in [7, 11) is 0. The molecule has 1 aliphatic heterocycles. The molecule has 0 aromatic heterocycles. The van der Waals surface area contributed by atoms with E-state index in [1.165, 1.54) is 17.9 Å². The maximum Gasteiger partial charge on any atom is 0.341 e. The van der Waals surface area contributed by atoms with E-state index in [-0.39, 0.29) is 43.8 Å². The number of aliphatic carboxylic acids is 1. The van der Waals surface area contributed by atoms with Crippen LogP contribution in [0, 0.1) is 0 Å². The van der Waals surface area contributed by atoms with Crippen molar-refractivity contribution in [1.82, 2.24) is 9.80 Å². The number of carboxylic acid groups (broad SMARTS) is 1. The summed E-state index contributed by atoms with van der Waals surface area (Å²) in [5.74, 6) is -1.55. The van der Waals surface area contributed by atoms with E-state index in [1.807, 2.05) is 0 Å². The maximum atomic E-state index is 13.2. The van der Waals surface area contributed by atoms with Crippen LogP contribution in [0.25, 0.3) is 0 Å². The summed E-state index contributed by atoms with van der Waals surface area (Å²) >= 11 is 0. The van der Waals surface area contributed by atoms with Gasteiger partial charge in [-0.2, -0.15) is 0 Å². The van der Waals surface area contributed by atoms with Gasteiger partial charge in [0.1, 0.15) is 24.1 Å². The topological polar surface area (TPSA) is 157 Å². The summed E-state index contributed by atoms with van der Waals surface area (Å²) in [5, 5.41) is 39.1. The summed E-state index contributed by atoms with van der Waals surface area (Å²) in [4.78, 5) is 38.8. The third-order valence-corrected chi connectivity index (χ3v) is 5.27. The highest BCUT2D eigenvalue weighted by Gasteiger charge is 2.28. The number of β-amino-alcohol motifs (C(OH)–C–C–N with tert-alkyl or cyclic N) is 1. The molecule has 3 atom stereocenters. The highest BCUT2D eigenvalue weighted by Crippen LogP contribution is 2.16. The molecule has 1 aromatic carbocycles. The first-order valence-electron chi connectivity index (χ1n) is 10.8. The van der Waals surface area contributed by atoms with Gasteiger partial charge in [0.25, 0.3) is 5.91 Å². The molecular weight excluding hydrogens is 436 g/mol. The van der Waals surface area contributed by atoms with Crippen LogP contribution in [0.3, 0.4) is 0 Å². The van der Waals surface area contributed by atoms with Crippen molar-refractivity contribution in [3.05, 3.63) is 29.8 Å². The van der Waals surface area contributed by atoms with Gasteiger partial charge in [-0.15, -0.1) is 0 Å². The molecule has 2 amide bonds. The van der Waals surface area contributed by atoms with E-state index in [0.29, 0.717) is 31.6 Å². The maximum absolute atomic E-state index is 13.2. The lowest BCUT2D eigenvalue weighted by atomic mass is 10.1. The lowest BCUT2D eigenvalue weighted by Gasteiger charge is -2.31. The number of rotatable bonds is 4. The number of ether oxygens (including phenoxy) is 2. The molecule has 4 N–H and O–H groups in total. The van der Waals surface area contributed by atoms with Gasteiger partial charge in [-0.25, -0.2) is 4.79 Å². The molecule has 1 fully saturated rings. The Labute approximate surface area is 192 Å². The predicted octanol–water partition coefficient (Wildman–Crippen LogP) is -0.666. The number of carbonyl (C=O) groups is 3. The highest BCUT2D eigenvalue weighted by atomic mass is 16.5. The van der Waals surface area contributed by atoms with Crippen LogP contribution < -0.4 is 4.74 Å². The summed E-state index contributed by atoms with van der Waals surface area (Å²) in [6, 6.07) is 6.20. The van der Waals surface area contributed by atoms with Gasteiger partial charge in [-0.05, 0) is 31.0 Å². The van der Waals surface area contributed by atoms with E-state index in [2.05, 4.69) is 0 Å². The Morgan fingerprint density at radius 1 is 1.06 bits per heavy atom. The molecule has 0 spiro atoms. The van der Waals surface area contributed by atoms with Gasteiger partial charge in [0.05, 0.1) is 6.61 Å². The number of aliphatic hydroxyl groups excluding tert-OH is 3. The Bertz CT molecular complexity index is 804. The average Bonchev–Trinajstić information content (AvgIpc) is 2.79. The van der Waals surface area contributed by atoms with Crippen molar-refractivity contribution in [3.8, 4) is 5.75 Å².